The molecule has 1 heterocycles. The summed E-state index contributed by atoms with van der Waals surface area (Å²) in [4.78, 5) is 16.1. The number of likely N-dealkylation sites (N-methyl/N-ethyl adjacent to an activating group) is 1. The van der Waals surface area contributed by atoms with E-state index in [1.54, 1.807) is 24.3 Å². The quantitative estimate of drug-likeness (QED) is 0.634. The minimum absolute atomic E-state index is 0. The van der Waals surface area contributed by atoms with Gasteiger partial charge in [0.15, 0.2) is 5.82 Å². The maximum Gasteiger partial charge on any atom is 0.239 e. The molecule has 0 radical (unpaired) electrons. The Hall–Kier alpha value is -2.01. The molecular weight excluding hydrogens is 368 g/mol. The number of benzene rings is 1. The number of nitrogens with zero attached hydrogens (tertiary/aromatic N) is 3. The number of H-pyrrole nitrogens is 1. The average Bonchev–Trinajstić information content (AvgIpc) is 3.04. The summed E-state index contributed by atoms with van der Waals surface area (Å²) in [5.41, 5.74) is 6.80. The van der Waals surface area contributed by atoms with E-state index in [1.165, 1.54) is 14.0 Å². The lowest BCUT2D eigenvalue weighted by Gasteiger charge is -2.15. The average molecular weight is 389 g/mol. The van der Waals surface area contributed by atoms with Crippen molar-refractivity contribution in [3.63, 3.8) is 0 Å². The molecule has 25 heavy (non-hydrogen) atoms. The summed E-state index contributed by atoms with van der Waals surface area (Å²) in [6.07, 6.45) is 0. The van der Waals surface area contributed by atoms with Gasteiger partial charge in [-0.1, -0.05) is 0 Å². The number of sulfonamides is 1. The molecule has 2 aromatic rings. The van der Waals surface area contributed by atoms with Crippen LogP contribution in [0, 0.1) is 0 Å². The molecule has 0 atom stereocenters. The maximum absolute atomic E-state index is 11.9. The summed E-state index contributed by atoms with van der Waals surface area (Å²) in [5, 5.41) is 9.42. The Balaban J connectivity index is 0.00000312. The molecular formula is C14H21ClN6O3S. The van der Waals surface area contributed by atoms with E-state index in [-0.39, 0.29) is 31.2 Å². The molecule has 0 saturated heterocycles. The van der Waals surface area contributed by atoms with Crippen LogP contribution in [0.1, 0.15) is 12.7 Å². The highest BCUT2D eigenvalue weighted by molar-refractivity contribution is 7.89. The Bertz CT molecular complexity index is 806. The van der Waals surface area contributed by atoms with Gasteiger partial charge in [0.05, 0.1) is 18.8 Å². The highest BCUT2D eigenvalue weighted by Gasteiger charge is 2.18. The van der Waals surface area contributed by atoms with Gasteiger partial charge in [-0.25, -0.2) is 13.4 Å². The molecule has 138 valence electrons. The number of nitrogens with two attached hydrogens (primary N) is 1. The van der Waals surface area contributed by atoms with Crippen molar-refractivity contribution in [2.75, 3.05) is 24.7 Å². The van der Waals surface area contributed by atoms with E-state index >= 15 is 0 Å². The first-order chi connectivity index (χ1) is 11.4. The van der Waals surface area contributed by atoms with Crippen LogP contribution in [-0.4, -0.2) is 53.2 Å². The van der Waals surface area contributed by atoms with Gasteiger partial charge in [-0.05, 0) is 31.2 Å². The molecule has 0 aliphatic heterocycles. The zero-order valence-electron chi connectivity index (χ0n) is 13.9. The Morgan fingerprint density at radius 2 is 1.96 bits per heavy atom. The van der Waals surface area contributed by atoms with E-state index in [4.69, 9.17) is 5.73 Å². The molecule has 0 fully saturated rings. The second-order valence-corrected chi connectivity index (χ2v) is 7.46. The molecule has 11 heteroatoms. The third-order valence-corrected chi connectivity index (χ3v) is 5.17. The van der Waals surface area contributed by atoms with Gasteiger partial charge in [0.25, 0.3) is 0 Å². The highest BCUT2D eigenvalue weighted by Crippen LogP contribution is 2.18. The van der Waals surface area contributed by atoms with Gasteiger partial charge in [0, 0.05) is 18.3 Å². The largest absolute Gasteiger partial charge is 0.325 e. The number of aromatic amines is 1. The topological polar surface area (TPSA) is 134 Å². The first kappa shape index (κ1) is 21.0. The first-order valence-corrected chi connectivity index (χ1v) is 8.92. The summed E-state index contributed by atoms with van der Waals surface area (Å²) < 4.78 is 24.3. The minimum atomic E-state index is -3.39. The lowest BCUT2D eigenvalue weighted by Crippen LogP contribution is -2.35. The highest BCUT2D eigenvalue weighted by atomic mass is 35.5. The van der Waals surface area contributed by atoms with E-state index in [2.05, 4.69) is 20.5 Å². The summed E-state index contributed by atoms with van der Waals surface area (Å²) in [7, 11) is -2.01. The molecule has 0 saturated carbocycles. The maximum atomic E-state index is 11.9. The number of anilines is 1. The number of carbonyl (C=O) groups is 1. The van der Waals surface area contributed by atoms with E-state index in [9.17, 15) is 13.2 Å². The van der Waals surface area contributed by atoms with E-state index in [0.29, 0.717) is 17.3 Å². The van der Waals surface area contributed by atoms with Crippen LogP contribution in [0.5, 0.6) is 0 Å². The molecule has 0 aliphatic carbocycles. The summed E-state index contributed by atoms with van der Waals surface area (Å²) >= 11 is 0. The zero-order valence-corrected chi connectivity index (χ0v) is 15.5. The molecule has 1 aromatic heterocycles. The second-order valence-electron chi connectivity index (χ2n) is 5.09. The van der Waals surface area contributed by atoms with Gasteiger partial charge in [-0.3, -0.25) is 9.89 Å². The van der Waals surface area contributed by atoms with Crippen LogP contribution in [0.3, 0.4) is 0 Å². The van der Waals surface area contributed by atoms with Gasteiger partial charge < -0.3 is 11.1 Å². The lowest BCUT2D eigenvalue weighted by molar-refractivity contribution is -0.116. The number of hydrogen-bond acceptors (Lipinski definition) is 6. The van der Waals surface area contributed by atoms with Crippen molar-refractivity contribution in [1.82, 2.24) is 19.5 Å². The molecule has 0 aliphatic rings. The number of nitrogens with one attached hydrogen (secondary N) is 2. The van der Waals surface area contributed by atoms with Gasteiger partial charge >= 0.3 is 0 Å². The Morgan fingerprint density at radius 1 is 1.32 bits per heavy atom. The standard InChI is InChI=1S/C14H20N6O3S.ClH/c1-3-24(22,23)20(2)9-13(21)16-11-6-4-10(5-7-11)14-17-12(8-15)18-19-14;/h4-7H,3,8-9,15H2,1-2H3,(H,16,21)(H,17,18,19);1H. The zero-order chi connectivity index (χ0) is 17.7. The molecule has 9 nitrogen and oxygen atoms in total. The molecule has 4 N–H and O–H groups in total. The van der Waals surface area contributed by atoms with Crippen LogP contribution in [0.15, 0.2) is 24.3 Å². The van der Waals surface area contributed by atoms with Crippen LogP contribution >= 0.6 is 12.4 Å². The fourth-order valence-electron chi connectivity index (χ4n) is 1.94. The van der Waals surface area contributed by atoms with E-state index in [0.717, 1.165) is 9.87 Å². The van der Waals surface area contributed by atoms with Crippen molar-refractivity contribution in [1.29, 1.82) is 0 Å². The molecule has 0 unspecified atom stereocenters. The van der Waals surface area contributed by atoms with Crippen molar-refractivity contribution in [3.8, 4) is 11.4 Å². The van der Waals surface area contributed by atoms with Gasteiger partial charge in [0.1, 0.15) is 5.82 Å². The lowest BCUT2D eigenvalue weighted by atomic mass is 10.2. The van der Waals surface area contributed by atoms with Crippen LogP contribution in [0.25, 0.3) is 11.4 Å². The van der Waals surface area contributed by atoms with Crippen LogP contribution in [0.2, 0.25) is 0 Å². The third kappa shape index (κ3) is 5.49. The van der Waals surface area contributed by atoms with E-state index < -0.39 is 15.9 Å². The number of halogens is 1. The molecule has 2 rings (SSSR count). The molecule has 0 bridgehead atoms. The fraction of sp³-hybridized carbons (Fsp3) is 0.357. The van der Waals surface area contributed by atoms with Gasteiger partial charge in [-0.15, -0.1) is 12.4 Å². The number of hydrogen-bond donors (Lipinski definition) is 3. The minimum Gasteiger partial charge on any atom is -0.325 e. The molecule has 1 aromatic carbocycles. The second kappa shape index (κ2) is 8.90. The van der Waals surface area contributed by atoms with Crippen LogP contribution in [0.4, 0.5) is 5.69 Å². The predicted molar refractivity (Wildman–Crippen MR) is 97.7 cm³/mol. The SMILES string of the molecule is CCS(=O)(=O)N(C)CC(=O)Nc1ccc(-c2n[nH]c(CN)n2)cc1.Cl. The smallest absolute Gasteiger partial charge is 0.239 e. The van der Waals surface area contributed by atoms with Crippen LogP contribution < -0.4 is 11.1 Å². The van der Waals surface area contributed by atoms with Gasteiger partial charge in [0.2, 0.25) is 15.9 Å². The van der Waals surface area contributed by atoms with Crippen molar-refractivity contribution < 1.29 is 13.2 Å². The van der Waals surface area contributed by atoms with Gasteiger partial charge in [-0.2, -0.15) is 9.40 Å². The monoisotopic (exact) mass is 388 g/mol. The van der Waals surface area contributed by atoms with Crippen LogP contribution in [-0.2, 0) is 21.4 Å². The van der Waals surface area contributed by atoms with E-state index in [1.807, 2.05) is 0 Å². The first-order valence-electron chi connectivity index (χ1n) is 7.31. The molecule has 1 amide bonds. The predicted octanol–water partition coefficient (Wildman–Crippen LogP) is 0.572. The summed E-state index contributed by atoms with van der Waals surface area (Å²) in [6.45, 7) is 1.57. The Morgan fingerprint density at radius 3 is 2.48 bits per heavy atom. The number of carbonyl (C=O) groups excluding carboxylic acids is 1. The van der Waals surface area contributed by atoms with Crippen molar-refractivity contribution >= 4 is 34.0 Å². The third-order valence-electron chi connectivity index (χ3n) is 3.36. The Labute approximate surface area is 152 Å². The molecule has 0 spiro atoms. The number of amides is 1. The van der Waals surface area contributed by atoms with Crippen molar-refractivity contribution in [3.05, 3.63) is 30.1 Å². The summed E-state index contributed by atoms with van der Waals surface area (Å²) in [5.74, 6) is 0.641. The normalized spacial score (nSPS) is 11.2. The fourth-order valence-corrected chi connectivity index (χ4v) is 2.69. The van der Waals surface area contributed by atoms with Crippen molar-refractivity contribution in [2.45, 2.75) is 13.5 Å². The summed E-state index contributed by atoms with van der Waals surface area (Å²) in [6, 6.07) is 6.90. The number of aromatic nitrogens is 3. The van der Waals surface area contributed by atoms with Crippen molar-refractivity contribution in [2.24, 2.45) is 5.73 Å². The number of rotatable bonds is 7. The Kier molecular flexibility index (Phi) is 7.49.